The molecule has 0 bridgehead atoms. The first-order valence-electron chi connectivity index (χ1n) is 4.73. The van der Waals surface area contributed by atoms with Crippen molar-refractivity contribution in [3.63, 3.8) is 0 Å². The smallest absolute Gasteiger partial charge is 0.151 e. The molecule has 1 unspecified atom stereocenters. The zero-order valence-corrected chi connectivity index (χ0v) is 7.82. The van der Waals surface area contributed by atoms with E-state index in [0.29, 0.717) is 6.04 Å². The van der Waals surface area contributed by atoms with Crippen molar-refractivity contribution in [1.82, 2.24) is 25.4 Å². The second-order valence-electron chi connectivity index (χ2n) is 3.19. The van der Waals surface area contributed by atoms with Crippen LogP contribution in [0.5, 0.6) is 0 Å². The molecule has 0 saturated carbocycles. The van der Waals surface area contributed by atoms with Crippen LogP contribution in [0.3, 0.4) is 0 Å². The third kappa shape index (κ3) is 1.71. The summed E-state index contributed by atoms with van der Waals surface area (Å²) in [6.07, 6.45) is 1.78. The van der Waals surface area contributed by atoms with Crippen molar-refractivity contribution < 1.29 is 0 Å². The van der Waals surface area contributed by atoms with Gasteiger partial charge in [-0.05, 0) is 6.92 Å². The van der Waals surface area contributed by atoms with E-state index < -0.39 is 0 Å². The van der Waals surface area contributed by atoms with E-state index in [-0.39, 0.29) is 0 Å². The van der Waals surface area contributed by atoms with E-state index in [1.54, 1.807) is 6.33 Å². The van der Waals surface area contributed by atoms with E-state index in [1.165, 1.54) is 0 Å². The first kappa shape index (κ1) is 8.65. The Bertz CT molecular complexity index is 263. The van der Waals surface area contributed by atoms with E-state index in [0.717, 1.165) is 32.0 Å². The first-order valence-corrected chi connectivity index (χ1v) is 4.73. The Kier molecular flexibility index (Phi) is 2.56. The van der Waals surface area contributed by atoms with Gasteiger partial charge in [-0.2, -0.15) is 0 Å². The van der Waals surface area contributed by atoms with Gasteiger partial charge in [-0.3, -0.25) is 0 Å². The molecule has 2 heterocycles. The molecule has 0 aromatic carbocycles. The molecular weight excluding hydrogens is 166 g/mol. The van der Waals surface area contributed by atoms with E-state index in [1.807, 2.05) is 0 Å². The third-order valence-electron chi connectivity index (χ3n) is 2.34. The topological polar surface area (TPSA) is 54.8 Å². The second-order valence-corrected chi connectivity index (χ2v) is 3.19. The average molecular weight is 181 g/mol. The van der Waals surface area contributed by atoms with Crippen LogP contribution in [0.2, 0.25) is 0 Å². The summed E-state index contributed by atoms with van der Waals surface area (Å²) in [5.41, 5.74) is 0. The van der Waals surface area contributed by atoms with Crippen LogP contribution in [0.1, 0.15) is 18.8 Å². The standard InChI is InChI=1S/C8H15N5/c1-2-13-6-11-12-8(13)7-5-9-3-4-10-7/h6-7,9-10H,2-5H2,1H3. The van der Waals surface area contributed by atoms with Gasteiger partial charge in [-0.25, -0.2) is 0 Å². The van der Waals surface area contributed by atoms with Crippen molar-refractivity contribution in [2.24, 2.45) is 0 Å². The minimum absolute atomic E-state index is 0.316. The lowest BCUT2D eigenvalue weighted by Crippen LogP contribution is -2.43. The molecule has 1 aliphatic heterocycles. The molecule has 5 nitrogen and oxygen atoms in total. The van der Waals surface area contributed by atoms with Gasteiger partial charge in [0, 0.05) is 26.2 Å². The van der Waals surface area contributed by atoms with Gasteiger partial charge < -0.3 is 15.2 Å². The summed E-state index contributed by atoms with van der Waals surface area (Å²) in [7, 11) is 0. The second kappa shape index (κ2) is 3.85. The molecule has 1 aromatic rings. The van der Waals surface area contributed by atoms with E-state index in [4.69, 9.17) is 0 Å². The fourth-order valence-electron chi connectivity index (χ4n) is 1.61. The molecule has 0 radical (unpaired) electrons. The Morgan fingerprint density at radius 2 is 2.54 bits per heavy atom. The lowest BCUT2D eigenvalue weighted by molar-refractivity contribution is 0.403. The van der Waals surface area contributed by atoms with Gasteiger partial charge in [0.2, 0.25) is 0 Å². The highest BCUT2D eigenvalue weighted by Gasteiger charge is 2.18. The maximum atomic E-state index is 4.12. The van der Waals surface area contributed by atoms with Crippen molar-refractivity contribution in [3.8, 4) is 0 Å². The molecule has 1 fully saturated rings. The predicted octanol–water partition coefficient (Wildman–Crippen LogP) is -0.468. The molecule has 2 N–H and O–H groups in total. The largest absolute Gasteiger partial charge is 0.317 e. The van der Waals surface area contributed by atoms with Crippen LogP contribution in [0.15, 0.2) is 6.33 Å². The summed E-state index contributed by atoms with van der Waals surface area (Å²) in [5, 5.41) is 14.8. The molecule has 0 amide bonds. The number of piperazine rings is 1. The zero-order valence-electron chi connectivity index (χ0n) is 7.82. The van der Waals surface area contributed by atoms with E-state index in [9.17, 15) is 0 Å². The van der Waals surface area contributed by atoms with Crippen LogP contribution in [0, 0.1) is 0 Å². The summed E-state index contributed by atoms with van der Waals surface area (Å²) >= 11 is 0. The first-order chi connectivity index (χ1) is 6.42. The van der Waals surface area contributed by atoms with Crippen LogP contribution in [0.4, 0.5) is 0 Å². The van der Waals surface area contributed by atoms with E-state index >= 15 is 0 Å². The Balaban J connectivity index is 2.13. The van der Waals surface area contributed by atoms with Crippen molar-refractivity contribution in [3.05, 3.63) is 12.2 Å². The molecular formula is C8H15N5. The Morgan fingerprint density at radius 1 is 1.62 bits per heavy atom. The number of aryl methyl sites for hydroxylation is 1. The monoisotopic (exact) mass is 181 g/mol. The maximum absolute atomic E-state index is 4.12. The lowest BCUT2D eigenvalue weighted by atomic mass is 10.2. The molecule has 0 aliphatic carbocycles. The third-order valence-corrected chi connectivity index (χ3v) is 2.34. The molecule has 0 spiro atoms. The van der Waals surface area contributed by atoms with Gasteiger partial charge in [-0.1, -0.05) is 0 Å². The maximum Gasteiger partial charge on any atom is 0.151 e. The average Bonchev–Trinajstić information content (AvgIpc) is 2.67. The Hall–Kier alpha value is -0.940. The Morgan fingerprint density at radius 3 is 3.23 bits per heavy atom. The highest BCUT2D eigenvalue weighted by molar-refractivity contribution is 4.97. The van der Waals surface area contributed by atoms with Crippen LogP contribution >= 0.6 is 0 Å². The Labute approximate surface area is 77.5 Å². The van der Waals surface area contributed by atoms with Gasteiger partial charge in [-0.15, -0.1) is 10.2 Å². The van der Waals surface area contributed by atoms with Gasteiger partial charge in [0.25, 0.3) is 0 Å². The normalized spacial score (nSPS) is 23.3. The highest BCUT2D eigenvalue weighted by Crippen LogP contribution is 2.09. The van der Waals surface area contributed by atoms with Crippen LogP contribution in [-0.2, 0) is 6.54 Å². The highest BCUT2D eigenvalue weighted by atomic mass is 15.3. The number of nitrogens with one attached hydrogen (secondary N) is 2. The summed E-state index contributed by atoms with van der Waals surface area (Å²) < 4.78 is 2.07. The summed E-state index contributed by atoms with van der Waals surface area (Å²) in [6, 6.07) is 0.316. The number of rotatable bonds is 2. The quantitative estimate of drug-likeness (QED) is 0.648. The predicted molar refractivity (Wildman–Crippen MR) is 49.3 cm³/mol. The van der Waals surface area contributed by atoms with Gasteiger partial charge in [0.1, 0.15) is 6.33 Å². The fraction of sp³-hybridized carbons (Fsp3) is 0.750. The number of aromatic nitrogens is 3. The molecule has 1 saturated heterocycles. The molecule has 1 aliphatic rings. The zero-order chi connectivity index (χ0) is 9.10. The molecule has 5 heteroatoms. The van der Waals surface area contributed by atoms with Crippen molar-refractivity contribution in [2.75, 3.05) is 19.6 Å². The molecule has 72 valence electrons. The molecule has 1 aromatic heterocycles. The SMILES string of the molecule is CCn1cnnc1C1CNCCN1. The van der Waals surface area contributed by atoms with Crippen LogP contribution in [-0.4, -0.2) is 34.4 Å². The molecule has 13 heavy (non-hydrogen) atoms. The summed E-state index contributed by atoms with van der Waals surface area (Å²) in [4.78, 5) is 0. The van der Waals surface area contributed by atoms with Gasteiger partial charge in [0.15, 0.2) is 5.82 Å². The van der Waals surface area contributed by atoms with Crippen molar-refractivity contribution >= 4 is 0 Å². The number of nitrogens with zero attached hydrogens (tertiary/aromatic N) is 3. The van der Waals surface area contributed by atoms with Gasteiger partial charge >= 0.3 is 0 Å². The molecule has 1 atom stereocenters. The fourth-order valence-corrected chi connectivity index (χ4v) is 1.61. The minimum Gasteiger partial charge on any atom is -0.317 e. The van der Waals surface area contributed by atoms with Crippen LogP contribution in [0.25, 0.3) is 0 Å². The van der Waals surface area contributed by atoms with Crippen molar-refractivity contribution in [2.45, 2.75) is 19.5 Å². The lowest BCUT2D eigenvalue weighted by Gasteiger charge is -2.23. The molecule has 2 rings (SSSR count). The number of hydrogen-bond acceptors (Lipinski definition) is 4. The van der Waals surface area contributed by atoms with Crippen molar-refractivity contribution in [1.29, 1.82) is 0 Å². The minimum atomic E-state index is 0.316. The van der Waals surface area contributed by atoms with Crippen LogP contribution < -0.4 is 10.6 Å². The van der Waals surface area contributed by atoms with E-state index in [2.05, 4.69) is 32.3 Å². The van der Waals surface area contributed by atoms with Gasteiger partial charge in [0.05, 0.1) is 6.04 Å². The number of hydrogen-bond donors (Lipinski definition) is 2. The summed E-state index contributed by atoms with van der Waals surface area (Å²) in [5.74, 6) is 1.04. The summed E-state index contributed by atoms with van der Waals surface area (Å²) in [6.45, 7) is 6.01.